The number of carbonyl (C=O) groups excluding carboxylic acids is 1. The van der Waals surface area contributed by atoms with Gasteiger partial charge in [0.1, 0.15) is 0 Å². The van der Waals surface area contributed by atoms with Crippen molar-refractivity contribution in [2.24, 2.45) is 11.8 Å². The molecule has 0 aromatic heterocycles. The molecular weight excluding hydrogens is 148 g/mol. The molecule has 2 atom stereocenters. The molecule has 0 heterocycles. The third-order valence-corrected chi connectivity index (χ3v) is 3.80. The lowest BCUT2D eigenvalue weighted by Gasteiger charge is -2.23. The number of fused-ring (bicyclic) bond motifs is 2. The van der Waals surface area contributed by atoms with Gasteiger partial charge in [-0.3, -0.25) is 4.79 Å². The van der Waals surface area contributed by atoms with Crippen molar-refractivity contribution < 1.29 is 4.79 Å². The van der Waals surface area contributed by atoms with E-state index in [1.807, 2.05) is 0 Å². The van der Waals surface area contributed by atoms with Crippen LogP contribution in [-0.2, 0) is 4.79 Å². The Morgan fingerprint density at radius 2 is 2.08 bits per heavy atom. The summed E-state index contributed by atoms with van der Waals surface area (Å²) in [5.41, 5.74) is 2.85. The summed E-state index contributed by atoms with van der Waals surface area (Å²) >= 11 is 0. The average Bonchev–Trinajstić information content (AvgIpc) is 2.35. The minimum absolute atomic E-state index is 0.472. The van der Waals surface area contributed by atoms with Crippen LogP contribution in [0.5, 0.6) is 0 Å². The predicted molar refractivity (Wildman–Crippen MR) is 46.7 cm³/mol. The number of hydrogen-bond acceptors (Lipinski definition) is 1. The topological polar surface area (TPSA) is 17.1 Å². The van der Waals surface area contributed by atoms with E-state index in [4.69, 9.17) is 0 Å². The first kappa shape index (κ1) is 6.88. The average molecular weight is 162 g/mol. The summed E-state index contributed by atoms with van der Waals surface area (Å²) < 4.78 is 0. The Morgan fingerprint density at radius 1 is 1.17 bits per heavy atom. The van der Waals surface area contributed by atoms with Gasteiger partial charge in [0, 0.05) is 6.42 Å². The second-order valence-electron chi connectivity index (χ2n) is 4.44. The molecule has 1 heteroatoms. The smallest absolute Gasteiger partial charge is 0.159 e. The summed E-state index contributed by atoms with van der Waals surface area (Å²) in [6, 6.07) is 0. The molecule has 2 saturated carbocycles. The first-order valence-electron chi connectivity index (χ1n) is 5.12. The lowest BCUT2D eigenvalue weighted by Crippen LogP contribution is -2.24. The highest BCUT2D eigenvalue weighted by atomic mass is 16.1. The molecule has 0 radical (unpaired) electrons. The Morgan fingerprint density at radius 3 is 2.92 bits per heavy atom. The standard InChI is InChI=1S/C11H14O/c12-10-6-8-5-7-3-1-2-4-9(7)11(8)10/h7-8H,1-6H2/t7-,8+/m0/s1. The number of allylic oxidation sites excluding steroid dienone is 2. The van der Waals surface area contributed by atoms with Crippen LogP contribution in [0.15, 0.2) is 11.1 Å². The largest absolute Gasteiger partial charge is 0.295 e. The van der Waals surface area contributed by atoms with Crippen molar-refractivity contribution in [2.45, 2.75) is 38.5 Å². The Bertz CT molecular complexity index is 275. The molecule has 2 fully saturated rings. The number of Topliss-reactive ketones (excluding diaryl/α,β-unsaturated/α-hetero) is 1. The van der Waals surface area contributed by atoms with Crippen molar-refractivity contribution in [3.63, 3.8) is 0 Å². The van der Waals surface area contributed by atoms with Gasteiger partial charge in [-0.1, -0.05) is 12.0 Å². The summed E-state index contributed by atoms with van der Waals surface area (Å²) in [6.45, 7) is 0. The van der Waals surface area contributed by atoms with Gasteiger partial charge in [0.25, 0.3) is 0 Å². The fourth-order valence-corrected chi connectivity index (χ4v) is 3.22. The molecule has 0 saturated heterocycles. The molecule has 3 aliphatic carbocycles. The van der Waals surface area contributed by atoms with Gasteiger partial charge in [0.2, 0.25) is 0 Å². The van der Waals surface area contributed by atoms with E-state index in [-0.39, 0.29) is 0 Å². The van der Waals surface area contributed by atoms with Crippen LogP contribution in [0.4, 0.5) is 0 Å². The molecule has 0 amide bonds. The highest BCUT2D eigenvalue weighted by molar-refractivity contribution is 6.04. The van der Waals surface area contributed by atoms with Crippen molar-refractivity contribution in [1.82, 2.24) is 0 Å². The molecule has 0 N–H and O–H groups in total. The second kappa shape index (κ2) is 2.21. The minimum atomic E-state index is 0.472. The third kappa shape index (κ3) is 0.720. The molecule has 0 aromatic carbocycles. The van der Waals surface area contributed by atoms with Crippen LogP contribution < -0.4 is 0 Å². The highest BCUT2D eigenvalue weighted by Crippen LogP contribution is 2.51. The van der Waals surface area contributed by atoms with E-state index in [0.717, 1.165) is 12.3 Å². The van der Waals surface area contributed by atoms with Crippen LogP contribution in [0, 0.1) is 11.8 Å². The van der Waals surface area contributed by atoms with Crippen LogP contribution in [-0.4, -0.2) is 5.78 Å². The van der Waals surface area contributed by atoms with E-state index in [2.05, 4.69) is 0 Å². The summed E-state index contributed by atoms with van der Waals surface area (Å²) in [7, 11) is 0. The van der Waals surface area contributed by atoms with Gasteiger partial charge in [-0.05, 0) is 43.1 Å². The van der Waals surface area contributed by atoms with E-state index < -0.39 is 0 Å². The SMILES string of the molecule is O=C1C[C@H]2C[C@@H]3CCCCC3=C12. The monoisotopic (exact) mass is 162 g/mol. The van der Waals surface area contributed by atoms with Crippen LogP contribution in [0.1, 0.15) is 38.5 Å². The zero-order valence-corrected chi connectivity index (χ0v) is 7.31. The summed E-state index contributed by atoms with van der Waals surface area (Å²) in [6.07, 6.45) is 7.51. The van der Waals surface area contributed by atoms with E-state index in [1.165, 1.54) is 37.7 Å². The molecular formula is C11H14O. The van der Waals surface area contributed by atoms with Crippen molar-refractivity contribution in [1.29, 1.82) is 0 Å². The first-order valence-corrected chi connectivity index (χ1v) is 5.12. The molecule has 64 valence electrons. The Hall–Kier alpha value is -0.590. The fraction of sp³-hybridized carbons (Fsp3) is 0.727. The van der Waals surface area contributed by atoms with Crippen LogP contribution >= 0.6 is 0 Å². The van der Waals surface area contributed by atoms with E-state index in [0.29, 0.717) is 11.7 Å². The highest BCUT2D eigenvalue weighted by Gasteiger charge is 2.44. The Balaban J connectivity index is 1.99. The van der Waals surface area contributed by atoms with Gasteiger partial charge in [-0.15, -0.1) is 0 Å². The van der Waals surface area contributed by atoms with Gasteiger partial charge < -0.3 is 0 Å². The van der Waals surface area contributed by atoms with Crippen LogP contribution in [0.25, 0.3) is 0 Å². The number of rotatable bonds is 0. The molecule has 3 aliphatic rings. The molecule has 3 rings (SSSR count). The van der Waals surface area contributed by atoms with E-state index >= 15 is 0 Å². The van der Waals surface area contributed by atoms with Gasteiger partial charge in [0.15, 0.2) is 5.78 Å². The molecule has 0 spiro atoms. The van der Waals surface area contributed by atoms with Crippen molar-refractivity contribution in [2.75, 3.05) is 0 Å². The zero-order chi connectivity index (χ0) is 8.13. The van der Waals surface area contributed by atoms with Gasteiger partial charge in [-0.2, -0.15) is 0 Å². The summed E-state index contributed by atoms with van der Waals surface area (Å²) in [5, 5.41) is 0. The maximum absolute atomic E-state index is 11.3. The third-order valence-electron chi connectivity index (χ3n) is 3.80. The number of ketones is 1. The fourth-order valence-electron chi connectivity index (χ4n) is 3.22. The maximum Gasteiger partial charge on any atom is 0.159 e. The quantitative estimate of drug-likeness (QED) is 0.534. The predicted octanol–water partition coefficient (Wildman–Crippen LogP) is 2.47. The van der Waals surface area contributed by atoms with Crippen molar-refractivity contribution in [3.05, 3.63) is 11.1 Å². The van der Waals surface area contributed by atoms with Gasteiger partial charge >= 0.3 is 0 Å². The van der Waals surface area contributed by atoms with E-state index in [1.54, 1.807) is 5.57 Å². The van der Waals surface area contributed by atoms with Crippen LogP contribution in [0.2, 0.25) is 0 Å². The van der Waals surface area contributed by atoms with E-state index in [9.17, 15) is 4.79 Å². The van der Waals surface area contributed by atoms with Gasteiger partial charge in [0.05, 0.1) is 0 Å². The maximum atomic E-state index is 11.3. The lowest BCUT2D eigenvalue weighted by molar-refractivity contribution is -0.120. The van der Waals surface area contributed by atoms with Crippen molar-refractivity contribution in [3.8, 4) is 0 Å². The second-order valence-corrected chi connectivity index (χ2v) is 4.44. The molecule has 1 nitrogen and oxygen atoms in total. The lowest BCUT2D eigenvalue weighted by atomic mass is 9.79. The Labute approximate surface area is 72.8 Å². The zero-order valence-electron chi connectivity index (χ0n) is 7.31. The molecule has 12 heavy (non-hydrogen) atoms. The molecule has 0 bridgehead atoms. The number of hydrogen-bond donors (Lipinski definition) is 0. The van der Waals surface area contributed by atoms with Gasteiger partial charge in [-0.25, -0.2) is 0 Å². The molecule has 0 aromatic rings. The first-order chi connectivity index (χ1) is 5.86. The Kier molecular flexibility index (Phi) is 1.27. The molecule has 0 unspecified atom stereocenters. The minimum Gasteiger partial charge on any atom is -0.295 e. The van der Waals surface area contributed by atoms with Crippen LogP contribution in [0.3, 0.4) is 0 Å². The normalized spacial score (nSPS) is 39.2. The number of carbonyl (C=O) groups is 1. The summed E-state index contributed by atoms with van der Waals surface area (Å²) in [4.78, 5) is 11.3. The summed E-state index contributed by atoms with van der Waals surface area (Å²) in [5.74, 6) is 2.00. The van der Waals surface area contributed by atoms with Crippen molar-refractivity contribution >= 4 is 5.78 Å². The molecule has 0 aliphatic heterocycles.